The van der Waals surface area contributed by atoms with Gasteiger partial charge < -0.3 is 4.74 Å². The second kappa shape index (κ2) is 14.6. The van der Waals surface area contributed by atoms with Crippen molar-refractivity contribution in [2.75, 3.05) is 13.3 Å². The minimum absolute atomic E-state index is 0.123. The molecule has 4 rings (SSSR count). The summed E-state index contributed by atoms with van der Waals surface area (Å²) in [5.74, 6) is 6.71. The fourth-order valence-corrected chi connectivity index (χ4v) is 7.87. The zero-order valence-corrected chi connectivity index (χ0v) is 22.7. The van der Waals surface area contributed by atoms with Crippen LogP contribution in [-0.4, -0.2) is 13.3 Å². The monoisotopic (exact) mass is 484 g/mol. The van der Waals surface area contributed by atoms with Crippen LogP contribution in [0.15, 0.2) is 24.3 Å². The Morgan fingerprint density at radius 2 is 1.20 bits per heavy atom. The van der Waals surface area contributed by atoms with Gasteiger partial charge in [0, 0.05) is 0 Å². The Morgan fingerprint density at radius 1 is 0.657 bits per heavy atom. The van der Waals surface area contributed by atoms with Gasteiger partial charge in [-0.3, -0.25) is 4.39 Å². The molecule has 0 atom stereocenters. The van der Waals surface area contributed by atoms with Gasteiger partial charge in [0.25, 0.3) is 0 Å². The number of hydrogen-bond acceptors (Lipinski definition) is 1. The molecule has 0 unspecified atom stereocenters. The summed E-state index contributed by atoms with van der Waals surface area (Å²) in [6.45, 7) is 2.97. The van der Waals surface area contributed by atoms with E-state index in [1.54, 1.807) is 0 Å². The van der Waals surface area contributed by atoms with Crippen LogP contribution < -0.4 is 4.74 Å². The van der Waals surface area contributed by atoms with Crippen LogP contribution in [0.25, 0.3) is 0 Å². The third-order valence-electron chi connectivity index (χ3n) is 10.2. The van der Waals surface area contributed by atoms with Crippen LogP contribution in [0.3, 0.4) is 0 Å². The van der Waals surface area contributed by atoms with Crippen molar-refractivity contribution in [3.63, 3.8) is 0 Å². The van der Waals surface area contributed by atoms with Crippen LogP contribution >= 0.6 is 0 Å². The van der Waals surface area contributed by atoms with E-state index in [4.69, 9.17) is 4.74 Å². The Labute approximate surface area is 216 Å². The summed E-state index contributed by atoms with van der Waals surface area (Å²) in [5, 5.41) is 0. The number of ether oxygens (including phenoxy) is 1. The van der Waals surface area contributed by atoms with Crippen molar-refractivity contribution in [3.05, 3.63) is 29.8 Å². The van der Waals surface area contributed by atoms with Crippen LogP contribution in [0, 0.1) is 29.6 Å². The summed E-state index contributed by atoms with van der Waals surface area (Å²) in [4.78, 5) is 0. The molecule has 0 aliphatic heterocycles. The predicted molar refractivity (Wildman–Crippen MR) is 147 cm³/mol. The lowest BCUT2D eigenvalue weighted by molar-refractivity contribution is 0.108. The first-order valence-electron chi connectivity index (χ1n) is 15.6. The molecule has 0 aromatic heterocycles. The Bertz CT molecular complexity index is 676. The molecule has 3 saturated carbocycles. The number of alkyl halides is 1. The van der Waals surface area contributed by atoms with Crippen LogP contribution in [0.4, 0.5) is 4.39 Å². The molecule has 1 aromatic carbocycles. The third kappa shape index (κ3) is 8.22. The summed E-state index contributed by atoms with van der Waals surface area (Å²) in [6, 6.07) is 9.07. The highest BCUT2D eigenvalue weighted by molar-refractivity contribution is 5.29. The van der Waals surface area contributed by atoms with Gasteiger partial charge in [-0.05, 0) is 130 Å². The molecule has 0 heterocycles. The van der Waals surface area contributed by atoms with Gasteiger partial charge in [-0.1, -0.05) is 57.6 Å². The summed E-state index contributed by atoms with van der Waals surface area (Å²) in [5.41, 5.74) is 1.54. The molecule has 3 aliphatic rings. The van der Waals surface area contributed by atoms with E-state index in [2.05, 4.69) is 31.2 Å². The van der Waals surface area contributed by atoms with Gasteiger partial charge in [0.1, 0.15) is 5.75 Å². The molecule has 0 spiro atoms. The van der Waals surface area contributed by atoms with Gasteiger partial charge in [0.2, 0.25) is 0 Å². The molecular weight excluding hydrogens is 431 g/mol. The predicted octanol–water partition coefficient (Wildman–Crippen LogP) is 10.3. The molecule has 0 N–H and O–H groups in total. The summed E-state index contributed by atoms with van der Waals surface area (Å²) < 4.78 is 18.3. The first-order chi connectivity index (χ1) is 17.3. The van der Waals surface area contributed by atoms with E-state index in [0.29, 0.717) is 0 Å². The zero-order chi connectivity index (χ0) is 24.3. The quantitative estimate of drug-likeness (QED) is 0.268. The lowest BCUT2D eigenvalue weighted by Gasteiger charge is -2.41. The number of hydrogen-bond donors (Lipinski definition) is 0. The van der Waals surface area contributed by atoms with Crippen LogP contribution in [-0.2, 0) is 0 Å². The largest absolute Gasteiger partial charge is 0.494 e. The molecule has 3 aliphatic carbocycles. The third-order valence-corrected chi connectivity index (χ3v) is 10.2. The number of unbranched alkanes of at least 4 members (excludes halogenated alkanes) is 3. The first kappa shape index (κ1) is 27.0. The Balaban J connectivity index is 1.12. The van der Waals surface area contributed by atoms with Crippen molar-refractivity contribution >= 4 is 0 Å². The number of halogens is 1. The molecule has 0 amide bonds. The summed E-state index contributed by atoms with van der Waals surface area (Å²) in [7, 11) is 0. The molecule has 3 fully saturated rings. The maximum absolute atomic E-state index is 12.4. The maximum atomic E-state index is 12.4. The van der Waals surface area contributed by atoms with Gasteiger partial charge in [-0.25, -0.2) is 0 Å². The zero-order valence-electron chi connectivity index (χ0n) is 22.7. The standard InChI is InChI=1S/C33H53FO/c1-2-3-6-25-35-33-22-20-32(21-23-33)31-18-16-30(17-19-31)29-14-12-28(13-15-29)27-10-8-26(9-11-27)7-4-5-24-34/h20-23,26-31H,2-19,24-25H2,1H3. The van der Waals surface area contributed by atoms with Gasteiger partial charge >= 0.3 is 0 Å². The average Bonchev–Trinajstić information content (AvgIpc) is 2.92. The van der Waals surface area contributed by atoms with E-state index >= 15 is 0 Å². The molecule has 0 saturated heterocycles. The molecule has 1 aromatic rings. The van der Waals surface area contributed by atoms with Crippen molar-refractivity contribution < 1.29 is 9.13 Å². The van der Waals surface area contributed by atoms with E-state index < -0.39 is 0 Å². The van der Waals surface area contributed by atoms with E-state index in [-0.39, 0.29) is 6.67 Å². The van der Waals surface area contributed by atoms with Crippen LogP contribution in [0.2, 0.25) is 0 Å². The highest BCUT2D eigenvalue weighted by Gasteiger charge is 2.34. The second-order valence-electron chi connectivity index (χ2n) is 12.4. The SMILES string of the molecule is CCCCCOc1ccc(C2CCC(C3CCC(C4CCC(CCCCF)CC4)CC3)CC2)cc1. The molecule has 1 nitrogen and oxygen atoms in total. The Hall–Kier alpha value is -1.05. The fraction of sp³-hybridized carbons (Fsp3) is 0.818. The van der Waals surface area contributed by atoms with Gasteiger partial charge in [0.05, 0.1) is 13.3 Å². The molecule has 0 radical (unpaired) electrons. The highest BCUT2D eigenvalue weighted by Crippen LogP contribution is 2.47. The lowest BCUT2D eigenvalue weighted by Crippen LogP contribution is -2.29. The topological polar surface area (TPSA) is 9.23 Å². The molecule has 0 bridgehead atoms. The number of rotatable bonds is 12. The fourth-order valence-electron chi connectivity index (χ4n) is 7.87. The van der Waals surface area contributed by atoms with Crippen LogP contribution in [0.1, 0.15) is 134 Å². The minimum Gasteiger partial charge on any atom is -0.494 e. The highest BCUT2D eigenvalue weighted by atomic mass is 19.1. The molecule has 35 heavy (non-hydrogen) atoms. The van der Waals surface area contributed by atoms with Crippen molar-refractivity contribution in [1.29, 1.82) is 0 Å². The van der Waals surface area contributed by atoms with Crippen molar-refractivity contribution in [2.24, 2.45) is 29.6 Å². The van der Waals surface area contributed by atoms with E-state index in [0.717, 1.165) is 67.1 Å². The second-order valence-corrected chi connectivity index (χ2v) is 12.4. The normalized spacial score (nSPS) is 31.8. The van der Waals surface area contributed by atoms with Crippen molar-refractivity contribution in [1.82, 2.24) is 0 Å². The van der Waals surface area contributed by atoms with E-state index in [9.17, 15) is 4.39 Å². The van der Waals surface area contributed by atoms with Crippen molar-refractivity contribution in [2.45, 2.75) is 128 Å². The summed E-state index contributed by atoms with van der Waals surface area (Å²) >= 11 is 0. The van der Waals surface area contributed by atoms with Gasteiger partial charge in [-0.15, -0.1) is 0 Å². The average molecular weight is 485 g/mol. The Morgan fingerprint density at radius 3 is 1.74 bits per heavy atom. The molecule has 198 valence electrons. The van der Waals surface area contributed by atoms with Gasteiger partial charge in [-0.2, -0.15) is 0 Å². The molecular formula is C33H53FO. The van der Waals surface area contributed by atoms with E-state index in [1.807, 2.05) is 0 Å². The van der Waals surface area contributed by atoms with Crippen LogP contribution in [0.5, 0.6) is 5.75 Å². The maximum Gasteiger partial charge on any atom is 0.119 e. The van der Waals surface area contributed by atoms with Gasteiger partial charge in [0.15, 0.2) is 0 Å². The van der Waals surface area contributed by atoms with E-state index in [1.165, 1.54) is 102 Å². The summed E-state index contributed by atoms with van der Waals surface area (Å²) in [6.07, 6.45) is 24.3. The minimum atomic E-state index is -0.123. The van der Waals surface area contributed by atoms with Crippen molar-refractivity contribution in [3.8, 4) is 5.75 Å². The number of benzene rings is 1. The Kier molecular flexibility index (Phi) is 11.3. The lowest BCUT2D eigenvalue weighted by atomic mass is 9.64. The first-order valence-corrected chi connectivity index (χ1v) is 15.6. The molecule has 2 heteroatoms. The smallest absolute Gasteiger partial charge is 0.119 e.